The Morgan fingerprint density at radius 2 is 1.90 bits per heavy atom. The van der Waals surface area contributed by atoms with Crippen LogP contribution < -0.4 is 0 Å². The Kier molecular flexibility index (Phi) is 3.41. The normalized spacial score (nSPS) is 58.7. The Hall–Kier alpha value is -0.0400. The van der Waals surface area contributed by atoms with Gasteiger partial charge in [-0.3, -0.25) is 0 Å². The minimum atomic E-state index is -2.81. The van der Waals surface area contributed by atoms with Crippen molar-refractivity contribution >= 4 is 0 Å². The van der Waals surface area contributed by atoms with Crippen molar-refractivity contribution in [3.8, 4) is 0 Å². The summed E-state index contributed by atoms with van der Waals surface area (Å²) in [5, 5.41) is 0. The molecule has 0 saturated heterocycles. The van der Waals surface area contributed by atoms with E-state index in [0.29, 0.717) is 40.6 Å². The molecule has 0 aromatic rings. The van der Waals surface area contributed by atoms with Gasteiger partial charge in [0.2, 0.25) is 0 Å². The van der Waals surface area contributed by atoms with E-state index in [1.807, 2.05) is 7.11 Å². The molecule has 5 saturated carbocycles. The first-order valence-corrected chi connectivity index (χ1v) is 12.6. The standard InChI is InChI=1S/C28H48O/c1-18(2)8-7-9-19(3)22-10-11-23-21-16-25(29-6)28-17-20(28)12-15-27(28,5)24(21)13-14-26(22,23)4/h18-25H,7-17H2,1-6H3/t19-,20-,21+,22-,23+,24+,25-,26-,27-,28+/m1/s1/i1D3,2D3,18D. The third-order valence-corrected chi connectivity index (χ3v) is 11.7. The third kappa shape index (κ3) is 2.74. The molecule has 5 aliphatic carbocycles. The van der Waals surface area contributed by atoms with Crippen LogP contribution in [0.25, 0.3) is 0 Å². The van der Waals surface area contributed by atoms with E-state index in [1.54, 1.807) is 0 Å². The van der Waals surface area contributed by atoms with Crippen LogP contribution in [0.2, 0.25) is 0 Å². The fourth-order valence-electron chi connectivity index (χ4n) is 10.4. The van der Waals surface area contributed by atoms with Crippen molar-refractivity contribution in [1.82, 2.24) is 0 Å². The van der Waals surface area contributed by atoms with Crippen LogP contribution in [0.4, 0.5) is 0 Å². The van der Waals surface area contributed by atoms with E-state index in [-0.39, 0.29) is 6.42 Å². The fraction of sp³-hybridized carbons (Fsp3) is 1.00. The van der Waals surface area contributed by atoms with Crippen LogP contribution in [-0.2, 0) is 4.74 Å². The number of methoxy groups -OCH3 is 1. The molecule has 29 heavy (non-hydrogen) atoms. The zero-order valence-corrected chi connectivity index (χ0v) is 19.2. The highest BCUT2D eigenvalue weighted by atomic mass is 16.5. The summed E-state index contributed by atoms with van der Waals surface area (Å²) >= 11 is 0. The second-order valence-corrected chi connectivity index (χ2v) is 12.3. The second kappa shape index (κ2) is 6.98. The summed E-state index contributed by atoms with van der Waals surface area (Å²) in [4.78, 5) is 0. The summed E-state index contributed by atoms with van der Waals surface area (Å²) in [6.45, 7) is 1.82. The van der Waals surface area contributed by atoms with Gasteiger partial charge < -0.3 is 4.74 Å². The quantitative estimate of drug-likeness (QED) is 0.437. The van der Waals surface area contributed by atoms with Gasteiger partial charge >= 0.3 is 0 Å². The van der Waals surface area contributed by atoms with Gasteiger partial charge in [-0.15, -0.1) is 0 Å². The summed E-state index contributed by atoms with van der Waals surface area (Å²) in [5.74, 6) is 1.81. The lowest BCUT2D eigenvalue weighted by Gasteiger charge is -2.61. The predicted octanol–water partition coefficient (Wildman–Crippen LogP) is 7.73. The van der Waals surface area contributed by atoms with Crippen LogP contribution in [0.3, 0.4) is 0 Å². The van der Waals surface area contributed by atoms with Gasteiger partial charge in [-0.25, -0.2) is 0 Å². The lowest BCUT2D eigenvalue weighted by molar-refractivity contribution is -0.161. The molecule has 5 fully saturated rings. The minimum absolute atomic E-state index is 0.0982. The molecular formula is C28H48O. The topological polar surface area (TPSA) is 9.23 Å². The summed E-state index contributed by atoms with van der Waals surface area (Å²) < 4.78 is 60.9. The molecule has 10 atom stereocenters. The van der Waals surface area contributed by atoms with Crippen molar-refractivity contribution in [3.63, 3.8) is 0 Å². The number of fused-ring (bicyclic) bond motifs is 4. The molecule has 0 aliphatic heterocycles. The first-order chi connectivity index (χ1) is 16.6. The summed E-state index contributed by atoms with van der Waals surface area (Å²) in [6, 6.07) is 0. The molecule has 166 valence electrons. The van der Waals surface area contributed by atoms with Crippen molar-refractivity contribution in [2.24, 2.45) is 57.6 Å². The third-order valence-electron chi connectivity index (χ3n) is 11.7. The smallest absolute Gasteiger partial charge is 0.0638 e. The van der Waals surface area contributed by atoms with E-state index < -0.39 is 19.6 Å². The molecule has 0 bridgehead atoms. The van der Waals surface area contributed by atoms with Gasteiger partial charge in [0.1, 0.15) is 0 Å². The van der Waals surface area contributed by atoms with E-state index >= 15 is 0 Å². The zero-order valence-electron chi connectivity index (χ0n) is 26.2. The molecule has 1 heteroatoms. The highest BCUT2D eigenvalue weighted by Crippen LogP contribution is 2.82. The van der Waals surface area contributed by atoms with Crippen LogP contribution in [0, 0.1) is 57.6 Å². The van der Waals surface area contributed by atoms with Crippen molar-refractivity contribution in [2.45, 2.75) is 111 Å². The molecule has 0 aromatic carbocycles. The number of hydrogen-bond acceptors (Lipinski definition) is 1. The van der Waals surface area contributed by atoms with Gasteiger partial charge in [-0.05, 0) is 104 Å². The summed E-state index contributed by atoms with van der Waals surface area (Å²) in [7, 11) is 1.94. The molecule has 0 heterocycles. The maximum atomic E-state index is 8.36. The van der Waals surface area contributed by atoms with E-state index in [2.05, 4.69) is 20.8 Å². The van der Waals surface area contributed by atoms with Gasteiger partial charge in [-0.2, -0.15) is 0 Å². The number of ether oxygens (including phenoxy) is 1. The van der Waals surface area contributed by atoms with E-state index in [4.69, 9.17) is 14.3 Å². The first-order valence-electron chi connectivity index (χ1n) is 16.1. The Labute approximate surface area is 191 Å². The predicted molar refractivity (Wildman–Crippen MR) is 122 cm³/mol. The lowest BCUT2D eigenvalue weighted by Crippen LogP contribution is -2.57. The monoisotopic (exact) mass is 407 g/mol. The fourth-order valence-corrected chi connectivity index (χ4v) is 10.4. The van der Waals surface area contributed by atoms with Gasteiger partial charge in [0, 0.05) is 22.1 Å². The summed E-state index contributed by atoms with van der Waals surface area (Å²) in [6.07, 6.45) is 12.1. The highest BCUT2D eigenvalue weighted by Gasteiger charge is 2.77. The van der Waals surface area contributed by atoms with Crippen LogP contribution in [0.5, 0.6) is 0 Å². The second-order valence-electron chi connectivity index (χ2n) is 12.3. The first kappa shape index (κ1) is 14.2. The largest absolute Gasteiger partial charge is 0.381 e. The van der Waals surface area contributed by atoms with Crippen molar-refractivity contribution in [1.29, 1.82) is 0 Å². The molecule has 0 unspecified atom stereocenters. The lowest BCUT2D eigenvalue weighted by atomic mass is 9.45. The van der Waals surface area contributed by atoms with Crippen LogP contribution >= 0.6 is 0 Å². The Balaban J connectivity index is 1.28. The SMILES string of the molecule is [2H]C([2H])([2H])C([2H])(CCC[C@@H](C)[C@H]1CC[C@H]2[C@@H]3C[C@@H](OC)[C@]45C[C@H]4CC[C@]5(C)[C@H]3CC[C@]12C)C([2H])([2H])[2H]. The van der Waals surface area contributed by atoms with Crippen molar-refractivity contribution < 1.29 is 14.3 Å². The molecule has 5 rings (SSSR count). The average molecular weight is 408 g/mol. The average Bonchev–Trinajstić information content (AvgIpc) is 3.28. The van der Waals surface area contributed by atoms with E-state index in [0.717, 1.165) is 30.1 Å². The van der Waals surface area contributed by atoms with Crippen LogP contribution in [0.1, 0.15) is 115 Å². The number of hydrogen-bond donors (Lipinski definition) is 0. The van der Waals surface area contributed by atoms with Crippen molar-refractivity contribution in [3.05, 3.63) is 0 Å². The molecule has 1 spiro atoms. The van der Waals surface area contributed by atoms with E-state index in [9.17, 15) is 0 Å². The molecule has 1 nitrogen and oxygen atoms in total. The zero-order chi connectivity index (χ0) is 26.5. The van der Waals surface area contributed by atoms with Gasteiger partial charge in [0.15, 0.2) is 0 Å². The molecule has 0 N–H and O–H groups in total. The van der Waals surface area contributed by atoms with Crippen LogP contribution in [-0.4, -0.2) is 13.2 Å². The van der Waals surface area contributed by atoms with Gasteiger partial charge in [-0.1, -0.05) is 53.7 Å². The van der Waals surface area contributed by atoms with Gasteiger partial charge in [0.05, 0.1) is 6.10 Å². The molecular weight excluding hydrogens is 352 g/mol. The Bertz CT molecular complexity index is 840. The molecule has 0 radical (unpaired) electrons. The highest BCUT2D eigenvalue weighted by molar-refractivity contribution is 5.26. The maximum absolute atomic E-state index is 8.36. The molecule has 0 amide bonds. The molecule has 0 aromatic heterocycles. The molecule has 5 aliphatic rings. The summed E-state index contributed by atoms with van der Waals surface area (Å²) in [5.41, 5.74) is 1.19. The van der Waals surface area contributed by atoms with E-state index in [1.165, 1.54) is 51.4 Å². The Morgan fingerprint density at radius 3 is 2.62 bits per heavy atom. The van der Waals surface area contributed by atoms with Crippen molar-refractivity contribution in [2.75, 3.05) is 7.11 Å². The van der Waals surface area contributed by atoms with Gasteiger partial charge in [0.25, 0.3) is 0 Å². The minimum Gasteiger partial charge on any atom is -0.381 e. The maximum Gasteiger partial charge on any atom is 0.0638 e. The van der Waals surface area contributed by atoms with Crippen LogP contribution in [0.15, 0.2) is 0 Å². The Morgan fingerprint density at radius 1 is 1.07 bits per heavy atom. The number of rotatable bonds is 6.